The third-order valence-corrected chi connectivity index (χ3v) is 4.14. The van der Waals surface area contributed by atoms with Crippen molar-refractivity contribution in [2.24, 2.45) is 5.92 Å². The minimum Gasteiger partial charge on any atom is -0.469 e. The zero-order valence-corrected chi connectivity index (χ0v) is 12.6. The van der Waals surface area contributed by atoms with E-state index in [1.807, 2.05) is 35.2 Å². The minimum absolute atomic E-state index is 0.128. The first-order valence-corrected chi connectivity index (χ1v) is 7.62. The number of amides is 1. The molecular formula is C17H23NO3. The van der Waals surface area contributed by atoms with Crippen LogP contribution in [-0.2, 0) is 9.53 Å². The Morgan fingerprint density at radius 3 is 2.48 bits per heavy atom. The van der Waals surface area contributed by atoms with Gasteiger partial charge in [-0.15, -0.1) is 0 Å². The van der Waals surface area contributed by atoms with Gasteiger partial charge in [-0.1, -0.05) is 18.2 Å². The fourth-order valence-corrected chi connectivity index (χ4v) is 2.83. The number of carbonyl (C=O) groups is 2. The van der Waals surface area contributed by atoms with Crippen molar-refractivity contribution in [3.8, 4) is 0 Å². The predicted molar refractivity (Wildman–Crippen MR) is 80.9 cm³/mol. The van der Waals surface area contributed by atoms with E-state index in [1.54, 1.807) is 0 Å². The van der Waals surface area contributed by atoms with Gasteiger partial charge in [-0.3, -0.25) is 9.59 Å². The van der Waals surface area contributed by atoms with Crippen LogP contribution in [-0.4, -0.2) is 37.0 Å². The summed E-state index contributed by atoms with van der Waals surface area (Å²) in [6, 6.07) is 9.44. The van der Waals surface area contributed by atoms with Crippen molar-refractivity contribution in [1.29, 1.82) is 0 Å². The molecule has 0 spiro atoms. The summed E-state index contributed by atoms with van der Waals surface area (Å²) < 4.78 is 4.65. The van der Waals surface area contributed by atoms with Crippen LogP contribution in [0, 0.1) is 5.92 Å². The Morgan fingerprint density at radius 1 is 1.19 bits per heavy atom. The molecule has 21 heavy (non-hydrogen) atoms. The van der Waals surface area contributed by atoms with E-state index in [1.165, 1.54) is 7.11 Å². The molecule has 0 aromatic heterocycles. The highest BCUT2D eigenvalue weighted by atomic mass is 16.5. The first kappa shape index (κ1) is 15.5. The smallest absolute Gasteiger partial charge is 0.305 e. The van der Waals surface area contributed by atoms with Gasteiger partial charge in [0.2, 0.25) is 0 Å². The Balaban J connectivity index is 1.73. The number of rotatable bonds is 5. The Hall–Kier alpha value is -1.84. The molecule has 1 amide bonds. The summed E-state index contributed by atoms with van der Waals surface area (Å²) in [5, 5.41) is 0. The molecule has 0 bridgehead atoms. The van der Waals surface area contributed by atoms with Crippen LogP contribution < -0.4 is 0 Å². The molecule has 114 valence electrons. The Bertz CT molecular complexity index is 464. The van der Waals surface area contributed by atoms with Crippen LogP contribution in [0.3, 0.4) is 0 Å². The van der Waals surface area contributed by atoms with E-state index in [0.717, 1.165) is 44.3 Å². The molecule has 1 aliphatic rings. The molecule has 4 nitrogen and oxygen atoms in total. The summed E-state index contributed by atoms with van der Waals surface area (Å²) >= 11 is 0. The lowest BCUT2D eigenvalue weighted by atomic mass is 9.91. The van der Waals surface area contributed by atoms with E-state index < -0.39 is 0 Å². The van der Waals surface area contributed by atoms with Crippen LogP contribution in [0.25, 0.3) is 0 Å². The van der Waals surface area contributed by atoms with Gasteiger partial charge in [0.1, 0.15) is 0 Å². The van der Waals surface area contributed by atoms with Crippen LogP contribution in [0.4, 0.5) is 0 Å². The first-order chi connectivity index (χ1) is 10.2. The average Bonchev–Trinajstić information content (AvgIpc) is 2.55. The first-order valence-electron chi connectivity index (χ1n) is 7.62. The van der Waals surface area contributed by atoms with Crippen molar-refractivity contribution >= 4 is 11.9 Å². The van der Waals surface area contributed by atoms with Gasteiger partial charge in [-0.05, 0) is 43.7 Å². The van der Waals surface area contributed by atoms with E-state index in [0.29, 0.717) is 12.3 Å². The molecule has 0 N–H and O–H groups in total. The van der Waals surface area contributed by atoms with Gasteiger partial charge in [0, 0.05) is 25.1 Å². The van der Waals surface area contributed by atoms with Crippen molar-refractivity contribution in [3.05, 3.63) is 35.9 Å². The molecule has 0 atom stereocenters. The number of hydrogen-bond acceptors (Lipinski definition) is 3. The second-order valence-electron chi connectivity index (χ2n) is 5.57. The zero-order chi connectivity index (χ0) is 15.1. The molecule has 1 saturated heterocycles. The summed E-state index contributed by atoms with van der Waals surface area (Å²) in [5.74, 6) is 0.616. The third-order valence-electron chi connectivity index (χ3n) is 4.14. The maximum absolute atomic E-state index is 12.3. The van der Waals surface area contributed by atoms with Gasteiger partial charge >= 0.3 is 5.97 Å². The molecule has 1 fully saturated rings. The number of likely N-dealkylation sites (tertiary alicyclic amines) is 1. The van der Waals surface area contributed by atoms with Crippen molar-refractivity contribution in [1.82, 2.24) is 4.90 Å². The second kappa shape index (κ2) is 7.81. The number of nitrogens with zero attached hydrogens (tertiary/aromatic N) is 1. The monoisotopic (exact) mass is 289 g/mol. The molecule has 1 aromatic rings. The SMILES string of the molecule is COC(=O)CCCC1CCN(C(=O)c2ccccc2)CC1. The van der Waals surface area contributed by atoms with Crippen molar-refractivity contribution in [2.75, 3.05) is 20.2 Å². The van der Waals surface area contributed by atoms with E-state index in [2.05, 4.69) is 4.74 Å². The standard InChI is InChI=1S/C17H23NO3/c1-21-16(19)9-5-6-14-10-12-18(13-11-14)17(20)15-7-3-2-4-8-15/h2-4,7-8,14H,5-6,9-13H2,1H3. The molecule has 0 saturated carbocycles. The fourth-order valence-electron chi connectivity index (χ4n) is 2.83. The molecule has 4 heteroatoms. The number of hydrogen-bond donors (Lipinski definition) is 0. The summed E-state index contributed by atoms with van der Waals surface area (Å²) in [7, 11) is 1.43. The van der Waals surface area contributed by atoms with Gasteiger partial charge in [0.15, 0.2) is 0 Å². The Morgan fingerprint density at radius 2 is 1.86 bits per heavy atom. The minimum atomic E-state index is -0.133. The maximum Gasteiger partial charge on any atom is 0.305 e. The van der Waals surface area contributed by atoms with Crippen LogP contribution in [0.5, 0.6) is 0 Å². The molecule has 0 aliphatic carbocycles. The van der Waals surface area contributed by atoms with Gasteiger partial charge in [0.05, 0.1) is 7.11 Å². The molecule has 1 aromatic carbocycles. The van der Waals surface area contributed by atoms with Crippen LogP contribution in [0.1, 0.15) is 42.5 Å². The second-order valence-corrected chi connectivity index (χ2v) is 5.57. The van der Waals surface area contributed by atoms with Crippen molar-refractivity contribution in [3.63, 3.8) is 0 Å². The van der Waals surface area contributed by atoms with Gasteiger partial charge < -0.3 is 9.64 Å². The predicted octanol–water partition coefficient (Wildman–Crippen LogP) is 2.88. The van der Waals surface area contributed by atoms with Crippen LogP contribution in [0.15, 0.2) is 30.3 Å². The van der Waals surface area contributed by atoms with Gasteiger partial charge in [-0.2, -0.15) is 0 Å². The quantitative estimate of drug-likeness (QED) is 0.783. The molecule has 2 rings (SSSR count). The topological polar surface area (TPSA) is 46.6 Å². The van der Waals surface area contributed by atoms with Crippen LogP contribution >= 0.6 is 0 Å². The fraction of sp³-hybridized carbons (Fsp3) is 0.529. The van der Waals surface area contributed by atoms with E-state index in [4.69, 9.17) is 0 Å². The summed E-state index contributed by atoms with van der Waals surface area (Å²) in [6.07, 6.45) is 4.48. The van der Waals surface area contributed by atoms with Gasteiger partial charge in [-0.25, -0.2) is 0 Å². The average molecular weight is 289 g/mol. The van der Waals surface area contributed by atoms with E-state index >= 15 is 0 Å². The maximum atomic E-state index is 12.3. The normalized spacial score (nSPS) is 15.8. The molecular weight excluding hydrogens is 266 g/mol. The zero-order valence-electron chi connectivity index (χ0n) is 12.6. The number of benzene rings is 1. The number of esters is 1. The Labute approximate surface area is 126 Å². The number of ether oxygens (including phenoxy) is 1. The molecule has 1 aliphatic heterocycles. The number of piperidine rings is 1. The Kier molecular flexibility index (Phi) is 5.78. The lowest BCUT2D eigenvalue weighted by molar-refractivity contribution is -0.140. The summed E-state index contributed by atoms with van der Waals surface area (Å²) in [6.45, 7) is 1.63. The lowest BCUT2D eigenvalue weighted by Crippen LogP contribution is -2.38. The summed E-state index contributed by atoms with van der Waals surface area (Å²) in [4.78, 5) is 25.3. The largest absolute Gasteiger partial charge is 0.469 e. The number of methoxy groups -OCH3 is 1. The lowest BCUT2D eigenvalue weighted by Gasteiger charge is -2.32. The van der Waals surface area contributed by atoms with Crippen molar-refractivity contribution < 1.29 is 14.3 Å². The third kappa shape index (κ3) is 4.59. The van der Waals surface area contributed by atoms with Gasteiger partial charge in [0.25, 0.3) is 5.91 Å². The molecule has 0 unspecified atom stereocenters. The van der Waals surface area contributed by atoms with E-state index in [9.17, 15) is 9.59 Å². The highest BCUT2D eigenvalue weighted by Gasteiger charge is 2.23. The summed E-state index contributed by atoms with van der Waals surface area (Å²) in [5.41, 5.74) is 0.765. The van der Waals surface area contributed by atoms with E-state index in [-0.39, 0.29) is 11.9 Å². The molecule has 1 heterocycles. The molecule has 0 radical (unpaired) electrons. The van der Waals surface area contributed by atoms with Crippen LogP contribution in [0.2, 0.25) is 0 Å². The van der Waals surface area contributed by atoms with Crippen molar-refractivity contribution in [2.45, 2.75) is 32.1 Å². The number of carbonyl (C=O) groups excluding carboxylic acids is 2. The highest BCUT2D eigenvalue weighted by Crippen LogP contribution is 2.23. The highest BCUT2D eigenvalue weighted by molar-refractivity contribution is 5.94.